The molecule has 0 aromatic rings. The van der Waals surface area contributed by atoms with Crippen LogP contribution in [-0.2, 0) is 57.3 Å². The third-order valence-corrected chi connectivity index (χ3v) is 25.8. The second-order valence-electron chi connectivity index (χ2n) is 35.4. The molecule has 30 atom stereocenters. The fourth-order valence-electron chi connectivity index (χ4n) is 18.4. The Balaban J connectivity index is -0.00000160. The van der Waals surface area contributed by atoms with Crippen molar-refractivity contribution in [3.63, 3.8) is 0 Å². The monoisotopic (exact) mass is 1850 g/mol. The van der Waals surface area contributed by atoms with E-state index in [1.54, 1.807) is 45.9 Å². The van der Waals surface area contributed by atoms with Crippen molar-refractivity contribution in [3.8, 4) is 0 Å². The average Bonchev–Trinajstić information content (AvgIpc) is 0.789. The minimum absolute atomic E-state index is 0. The number of hydrogen-bond donors (Lipinski definition) is 13. The fraction of sp³-hybridized carbons (Fsp3) is 0.723. The summed E-state index contributed by atoms with van der Waals surface area (Å²) >= 11 is 0. The molecule has 0 spiro atoms. The first-order valence-corrected chi connectivity index (χ1v) is 44.0. The number of carbonyl (C=O) groups is 8. The van der Waals surface area contributed by atoms with Crippen molar-refractivity contribution >= 4 is 47.8 Å². The van der Waals surface area contributed by atoms with Crippen molar-refractivity contribution in [2.24, 2.45) is 88.8 Å². The van der Waals surface area contributed by atoms with Gasteiger partial charge in [-0.15, -0.1) is 0 Å². The Kier molecular flexibility index (Phi) is 65.1. The van der Waals surface area contributed by atoms with Gasteiger partial charge in [0.2, 0.25) is 0 Å². The van der Waals surface area contributed by atoms with Crippen molar-refractivity contribution < 1.29 is 263 Å². The molecular weight excluding hydrogens is 1700 g/mol. The van der Waals surface area contributed by atoms with Gasteiger partial charge >= 0.3 is 142 Å². The van der Waals surface area contributed by atoms with Crippen LogP contribution in [-0.4, -0.2) is 206 Å². The molecular formula is C94H149NNa4O29. The van der Waals surface area contributed by atoms with E-state index in [9.17, 15) is 120 Å². The number of aliphatic hydroxyl groups is 12. The van der Waals surface area contributed by atoms with E-state index in [0.717, 1.165) is 60.8 Å². The van der Waals surface area contributed by atoms with Crippen molar-refractivity contribution in [3.05, 3.63) is 107 Å². The molecule has 0 saturated carbocycles. The number of hydrogen-bond acceptors (Lipinski definition) is 29. The Bertz CT molecular complexity index is 3660. The molecule has 8 rings (SSSR count). The van der Waals surface area contributed by atoms with Gasteiger partial charge in [0.25, 0.3) is 0 Å². The number of aliphatic hydroxyl groups excluding tert-OH is 12. The summed E-state index contributed by atoms with van der Waals surface area (Å²) in [6, 6.07) is 0. The number of fused-ring (bicyclic) bond motifs is 4. The smallest absolute Gasteiger partial charge is 0.550 e. The van der Waals surface area contributed by atoms with Crippen LogP contribution >= 0.6 is 0 Å². The molecule has 0 aliphatic heterocycles. The van der Waals surface area contributed by atoms with Gasteiger partial charge in [-0.05, 0) is 213 Å². The van der Waals surface area contributed by atoms with Crippen LogP contribution < -0.4 is 145 Å². The summed E-state index contributed by atoms with van der Waals surface area (Å²) < 4.78 is 23.4. The van der Waals surface area contributed by atoms with Gasteiger partial charge in [-0.1, -0.05) is 136 Å². The van der Waals surface area contributed by atoms with E-state index >= 15 is 0 Å². The molecule has 0 aromatic carbocycles. The van der Waals surface area contributed by atoms with Crippen LogP contribution in [0.25, 0.3) is 0 Å². The maximum absolute atomic E-state index is 12.6. The van der Waals surface area contributed by atoms with Crippen molar-refractivity contribution in [2.75, 3.05) is 0 Å². The molecule has 0 radical (unpaired) electrons. The summed E-state index contributed by atoms with van der Waals surface area (Å²) in [6.07, 6.45) is 20.0. The fourth-order valence-corrected chi connectivity index (χ4v) is 18.4. The van der Waals surface area contributed by atoms with Gasteiger partial charge < -0.3 is 131 Å². The molecule has 17 N–H and O–H groups in total. The topological polar surface area (TPSA) is 575 Å². The largest absolute Gasteiger partial charge is 1.00 e. The summed E-state index contributed by atoms with van der Waals surface area (Å²) in [6.45, 7) is 22.5. The predicted molar refractivity (Wildman–Crippen MR) is 455 cm³/mol. The molecule has 0 bridgehead atoms. The molecule has 0 heterocycles. The zero-order chi connectivity index (χ0) is 90.4. The normalized spacial score (nSPS) is 28.5. The van der Waals surface area contributed by atoms with E-state index in [4.69, 9.17) is 18.9 Å². The maximum atomic E-state index is 12.6. The quantitative estimate of drug-likeness (QED) is 0.0117. The number of carbonyl (C=O) groups excluding carboxylic acids is 8. The Morgan fingerprint density at radius 2 is 0.781 bits per heavy atom. The molecule has 30 nitrogen and oxygen atoms in total. The molecule has 0 fully saturated rings. The van der Waals surface area contributed by atoms with Gasteiger partial charge in [0.05, 0.1) is 90.7 Å². The predicted octanol–water partition coefficient (Wildman–Crippen LogP) is -6.36. The number of rotatable bonds is 40. The third kappa shape index (κ3) is 42.5. The Morgan fingerprint density at radius 1 is 0.461 bits per heavy atom. The van der Waals surface area contributed by atoms with Gasteiger partial charge in [-0.25, -0.2) is 4.79 Å². The van der Waals surface area contributed by atoms with Gasteiger partial charge in [-0.2, -0.15) is 0 Å². The number of ether oxygens (including phenoxy) is 4. The average molecular weight is 1850 g/mol. The van der Waals surface area contributed by atoms with E-state index in [0.29, 0.717) is 76.2 Å². The molecule has 128 heavy (non-hydrogen) atoms. The van der Waals surface area contributed by atoms with E-state index < -0.39 is 147 Å². The minimum atomic E-state index is -1.35. The van der Waals surface area contributed by atoms with E-state index in [1.165, 1.54) is 0 Å². The third-order valence-electron chi connectivity index (χ3n) is 25.8. The first-order valence-electron chi connectivity index (χ1n) is 44.0. The second kappa shape index (κ2) is 64.7. The Hall–Kier alpha value is -3.30. The molecule has 1 unspecified atom stereocenters. The molecule has 34 heteroatoms. The van der Waals surface area contributed by atoms with Crippen LogP contribution in [0.2, 0.25) is 0 Å². The Labute approximate surface area is 846 Å². The number of carboxylic acids is 4. The number of esters is 4. The first-order chi connectivity index (χ1) is 57.0. The summed E-state index contributed by atoms with van der Waals surface area (Å²) in [5.74, 6) is -6.82. The SMILES string of the molecule is C.C/C=C(\C)C(=O)O[C@H]1C[C@H](O)C=C2C=C[C@H](C)[C@H](CC[C@@H](O)C[C@@H](O)CC(=O)[O-])[C@H]21.CC(O)[C@H](C)C(=O)O[C@H]1CCC=C2C=C[C@H](C)[C@H](CC[C@@H](O)C[C@@H](O)CC(=O)[O-])[C@H]21.CCC[C@H](C)C(=O)O[C@H]1C[C@H](O)C=C2C=C[C@H](C)[C@H](CC[C@@H](O)C[C@@H](O)CC(=O)[O-])[C@H]21.CC[C@H](C)C(=O)O[C@H]1CCC=C2C=C(O)[C@H](C)[C@H](CC[C@@H](O)C[C@@H](O)CC(=O)[O-])[C@H]21.N.O.[Na+].[Na+].[Na+].[Na+]. The second-order valence-corrected chi connectivity index (χ2v) is 35.4. The standard InChI is InChI=1S/C24H38O7.C23H36O7.C23H34O7.C23H36O7.CH4.H3N.4Na.H2O/c1-4-5-15(3)24(30)31-21-12-18(26)10-16-7-6-14(2)20(23(16)21)9-8-17(25)11-19(27)13-22(28)29;1-13-7-8-16-5-4-6-20(30-23(29)14(2)15(3)24)22(16)19(13)10-9-17(25)11-18(26)12-21(27)28;1-4-13(2)23(29)30-20-11-17(25)9-15-6-5-14(3)19(22(15)20)8-7-16(24)10-18(26)12-21(27)28;1-4-13(2)23(29)30-20-7-5-6-15-10-19(26)14(3)18(22(15)20)9-8-16(24)11-17(25)12-21(27)28;;;;;;;/h6-7,10,14-15,17-21,23,25-27H,4-5,8-9,11-13H2,1-3H3,(H,28,29);5,7-8,13-15,17-20,22,24-26H,4,6,9-12H2,1-3H3,(H,27,28);4-6,9,14,16-20,22,24-26H,7-8,10-12H2,1-3H3,(H,27,28);6,10,13-14,16-18,20,22,24-26H,4-5,7-9,11-12H2,1-3H3,(H,27,28);1H4;1H3;;;;;1H2/q;;;;;;4*+1;/p-4/b;;13-4+;;;;;;;;/t14-,15-,17+,18+,19+,20-,21-,23-;13-,14-,15?,17+,18+,19-,20-,22-;14-,16+,17+,18+,19-,20-,22-;13-,14+,16+,17+,18-,20-,22-;;;;;;;/m0000......./s1. The van der Waals surface area contributed by atoms with Gasteiger partial charge in [0.1, 0.15) is 24.4 Å². The Morgan fingerprint density at radius 3 is 1.13 bits per heavy atom. The minimum Gasteiger partial charge on any atom is -0.550 e. The number of aliphatic carboxylic acids is 4. The van der Waals surface area contributed by atoms with E-state index in [1.807, 2.05) is 52.8 Å². The molecule has 8 aliphatic rings. The molecule has 0 saturated heterocycles. The molecule has 0 amide bonds. The molecule has 0 aromatic heterocycles. The van der Waals surface area contributed by atoms with Crippen LogP contribution in [0.1, 0.15) is 251 Å². The summed E-state index contributed by atoms with van der Waals surface area (Å²) in [4.78, 5) is 92.2. The van der Waals surface area contributed by atoms with Crippen LogP contribution in [0.5, 0.6) is 0 Å². The van der Waals surface area contributed by atoms with E-state index in [2.05, 4.69) is 57.2 Å². The maximum Gasteiger partial charge on any atom is 1.00 e. The van der Waals surface area contributed by atoms with Crippen molar-refractivity contribution in [1.29, 1.82) is 0 Å². The number of allylic oxidation sites excluding steroid dienone is 11. The number of carboxylic acid groups (broad SMARTS) is 4. The zero-order valence-corrected chi connectivity index (χ0v) is 86.0. The summed E-state index contributed by atoms with van der Waals surface area (Å²) in [5, 5.41) is 163. The molecule has 8 aliphatic carbocycles. The zero-order valence-electron chi connectivity index (χ0n) is 78.0. The van der Waals surface area contributed by atoms with Crippen molar-refractivity contribution in [2.45, 2.75) is 343 Å². The van der Waals surface area contributed by atoms with Crippen molar-refractivity contribution in [1.82, 2.24) is 6.15 Å². The van der Waals surface area contributed by atoms with Gasteiger partial charge in [-0.3, -0.25) is 14.4 Å². The van der Waals surface area contributed by atoms with Crippen LogP contribution in [0.15, 0.2) is 107 Å². The molecule has 708 valence electrons. The van der Waals surface area contributed by atoms with Crippen LogP contribution in [0.3, 0.4) is 0 Å². The van der Waals surface area contributed by atoms with Gasteiger partial charge in [0.15, 0.2) is 0 Å². The first kappa shape index (κ1) is 129. The van der Waals surface area contributed by atoms with E-state index in [-0.39, 0.29) is 276 Å². The summed E-state index contributed by atoms with van der Waals surface area (Å²) in [5.41, 5.74) is 4.50. The summed E-state index contributed by atoms with van der Waals surface area (Å²) in [7, 11) is 0. The van der Waals surface area contributed by atoms with Crippen LogP contribution in [0.4, 0.5) is 0 Å². The van der Waals surface area contributed by atoms with Gasteiger partial charge in [0, 0.05) is 97.6 Å². The van der Waals surface area contributed by atoms with Crippen LogP contribution in [0, 0.1) is 88.8 Å².